The summed E-state index contributed by atoms with van der Waals surface area (Å²) in [5, 5.41) is 9.58. The van der Waals surface area contributed by atoms with Gasteiger partial charge in [0, 0.05) is 48.3 Å². The van der Waals surface area contributed by atoms with Gasteiger partial charge in [-0.3, -0.25) is 0 Å². The summed E-state index contributed by atoms with van der Waals surface area (Å²) in [7, 11) is 0. The van der Waals surface area contributed by atoms with Gasteiger partial charge in [-0.1, -0.05) is 245 Å². The largest absolute Gasteiger partial charge is 2.00 e. The smallest absolute Gasteiger partial charge is 0.657 e. The summed E-state index contributed by atoms with van der Waals surface area (Å²) in [6, 6.07) is 86.6. The number of aryl methyl sites for hydroxylation is 6. The third kappa shape index (κ3) is 12.4. The van der Waals surface area contributed by atoms with E-state index in [0.29, 0.717) is 0 Å². The van der Waals surface area contributed by atoms with Gasteiger partial charge in [0.1, 0.15) is 5.69 Å². The van der Waals surface area contributed by atoms with Crippen molar-refractivity contribution in [2.75, 3.05) is 0 Å². The minimum atomic E-state index is 0. The number of fused-ring (bicyclic) bond motifs is 16. The number of rotatable bonds is 10. The molecule has 10 nitrogen and oxygen atoms in total. The Morgan fingerprint density at radius 2 is 0.519 bits per heavy atom. The molecule has 4 aliphatic rings. The predicted molar refractivity (Wildman–Crippen MR) is 445 cm³/mol. The van der Waals surface area contributed by atoms with Gasteiger partial charge in [0.15, 0.2) is 0 Å². The summed E-state index contributed by atoms with van der Waals surface area (Å²) in [6.45, 7) is 12.7. The van der Waals surface area contributed by atoms with E-state index in [4.69, 9.17) is 40.2 Å². The Balaban J connectivity index is 0.00000822. The third-order valence-corrected chi connectivity index (χ3v) is 21.8. The van der Waals surface area contributed by atoms with Gasteiger partial charge < -0.3 is 15.0 Å². The summed E-state index contributed by atoms with van der Waals surface area (Å²) < 4.78 is 4.02. The Kier molecular flexibility index (Phi) is 17.1. The van der Waals surface area contributed by atoms with Crippen LogP contribution in [-0.4, -0.2) is 39.9 Å². The molecule has 1 N–H and O–H groups in total. The number of hydrogen-bond acceptors (Lipinski definition) is 7. The van der Waals surface area contributed by atoms with Crippen LogP contribution in [0.4, 0.5) is 0 Å². The fourth-order valence-electron chi connectivity index (χ4n) is 15.0. The van der Waals surface area contributed by atoms with E-state index in [1.54, 1.807) is 11.3 Å². The Labute approximate surface area is 642 Å². The molecular weight excluding hydrogens is 1390 g/mol. The van der Waals surface area contributed by atoms with E-state index >= 15 is 0 Å². The first kappa shape index (κ1) is 67.1. The van der Waals surface area contributed by atoms with Crippen LogP contribution < -0.4 is 9.97 Å². The average molecular weight is 1460 g/mol. The Morgan fingerprint density at radius 1 is 0.269 bits per heavy atom. The van der Waals surface area contributed by atoms with E-state index in [1.165, 1.54) is 33.4 Å². The number of nitrogens with zero attached hydrogens (tertiary/aromatic N) is 9. The normalized spacial score (nSPS) is 12.1. The molecule has 0 saturated heterocycles. The molecule has 108 heavy (non-hydrogen) atoms. The van der Waals surface area contributed by atoms with Crippen molar-refractivity contribution < 1.29 is 19.5 Å². The first-order valence-corrected chi connectivity index (χ1v) is 36.9. The van der Waals surface area contributed by atoms with Crippen LogP contribution >= 0.6 is 11.3 Å². The molecule has 0 amide bonds. The number of H-pyrrole nitrogens is 1. The quantitative estimate of drug-likeness (QED) is 0.134. The fraction of sp³-hybridized carbons (Fsp3) is 0.0625. The second kappa shape index (κ2) is 27.6. The van der Waals surface area contributed by atoms with Crippen molar-refractivity contribution in [2.24, 2.45) is 0 Å². The van der Waals surface area contributed by atoms with Crippen molar-refractivity contribution in [1.29, 1.82) is 0 Å². The standard InChI is InChI=1S/C96H68N10S.Zn/c1-56-7-19-63(20-8-56)89-72-39-41-74(97-72)90(64-21-9-57(2)10-22-64)76-45-47-80(100-76)94(81-48-46-77(101-81)91(75-42-40-73(89)98-75)65-23-11-58(3)12-24-65)68-33-31-62(32-34-68)86-55-106(105-104-86)71-37-35-70(36-38-71)96-85-52-50-83(103-85)93(67-27-15-60(5)16-28-67)79-44-43-78(99-79)92(66-25-13-59(4)14-26-66)82-49-51-84(102-82)95(87-53-54-88(96)107-87)69-29-17-61(6)18-30-69;/h7-55,99H,1-6H3;/q-2;+2. The molecule has 12 heteroatoms. The maximum Gasteiger partial charge on any atom is 2.00 e. The van der Waals surface area contributed by atoms with Gasteiger partial charge in [-0.15, -0.1) is 38.5 Å². The first-order valence-electron chi connectivity index (χ1n) is 36.1. The molecule has 0 aliphatic carbocycles. The number of aromatic amines is 1. The van der Waals surface area contributed by atoms with E-state index in [1.807, 2.05) is 10.9 Å². The van der Waals surface area contributed by atoms with Crippen molar-refractivity contribution in [1.82, 2.24) is 49.9 Å². The molecule has 0 saturated carbocycles. The molecule has 0 radical (unpaired) electrons. The molecule has 0 atom stereocenters. The molecule has 7 aromatic heterocycles. The SMILES string of the molecule is Cc1ccc(-c2c3nc(c(-c4ccc(C)cc4)c4ccc([n-]4)c(-c4ccc(-c5cn(-c6ccc(-c7c8nc(c(-c9ccc(C)cc9)c9ccc([nH]9)c(-c9ccc(C)cc9)c9nc(c(-c%10ccc(C)cc%10)c%10ccc7s%10)C=C9)C=C8)cc6)nn5)cc4)c4nc(c(-c5ccc(C)cc5)c5ccc2[n-]5)C=C4)C=C3)cc1.[Zn+2]. The van der Waals surface area contributed by atoms with E-state index in [9.17, 15) is 0 Å². The zero-order valence-corrected chi connectivity index (χ0v) is 64.2. The molecule has 0 fully saturated rings. The van der Waals surface area contributed by atoms with Gasteiger partial charge in [0.2, 0.25) is 0 Å². The topological polar surface area (TPSA) is 126 Å². The van der Waals surface area contributed by atoms with Crippen molar-refractivity contribution in [3.63, 3.8) is 0 Å². The Hall–Kier alpha value is -12.9. The van der Waals surface area contributed by atoms with Crippen molar-refractivity contribution in [3.05, 3.63) is 328 Å². The number of hydrogen-bond donors (Lipinski definition) is 1. The fourth-order valence-corrected chi connectivity index (χ4v) is 16.2. The molecule has 19 rings (SSSR count). The summed E-state index contributed by atoms with van der Waals surface area (Å²) in [4.78, 5) is 37.2. The van der Waals surface area contributed by atoms with Gasteiger partial charge in [0.25, 0.3) is 0 Å². The maximum absolute atomic E-state index is 5.62. The second-order valence-electron chi connectivity index (χ2n) is 28.1. The Bertz CT molecular complexity index is 6120. The zero-order chi connectivity index (χ0) is 72.0. The van der Waals surface area contributed by atoms with E-state index in [-0.39, 0.29) is 19.5 Å². The van der Waals surface area contributed by atoms with E-state index < -0.39 is 0 Å². The van der Waals surface area contributed by atoms with Crippen molar-refractivity contribution in [3.8, 4) is 106 Å². The van der Waals surface area contributed by atoms with Gasteiger partial charge in [0.05, 0.1) is 57.4 Å². The number of benzene rings is 8. The van der Waals surface area contributed by atoms with Crippen LogP contribution in [0.1, 0.15) is 78.9 Å². The summed E-state index contributed by atoms with van der Waals surface area (Å²) in [5.74, 6) is 0. The van der Waals surface area contributed by atoms with Crippen LogP contribution in [0.25, 0.3) is 197 Å². The monoisotopic (exact) mass is 1460 g/mol. The third-order valence-electron chi connectivity index (χ3n) is 20.7. The zero-order valence-electron chi connectivity index (χ0n) is 60.4. The summed E-state index contributed by atoms with van der Waals surface area (Å²) >= 11 is 1.76. The van der Waals surface area contributed by atoms with Crippen molar-refractivity contribution >= 4 is 102 Å². The molecule has 15 aromatic rings. The van der Waals surface area contributed by atoms with Crippen LogP contribution in [0.15, 0.2) is 249 Å². The number of aromatic nitrogens is 10. The first-order chi connectivity index (χ1) is 52.4. The van der Waals surface area contributed by atoms with Crippen LogP contribution in [0.2, 0.25) is 0 Å². The van der Waals surface area contributed by atoms with E-state index in [2.05, 4.69) is 338 Å². The minimum absolute atomic E-state index is 0. The molecule has 0 spiro atoms. The van der Waals surface area contributed by atoms with Crippen LogP contribution in [0, 0.1) is 41.5 Å². The number of thiophene rings is 1. The van der Waals surface area contributed by atoms with Crippen molar-refractivity contribution in [2.45, 2.75) is 41.5 Å². The van der Waals surface area contributed by atoms with Gasteiger partial charge in [-0.05, 0) is 193 Å². The summed E-state index contributed by atoms with van der Waals surface area (Å²) in [6.07, 6.45) is 19.1. The van der Waals surface area contributed by atoms with Crippen LogP contribution in [0.3, 0.4) is 0 Å². The number of nitrogens with one attached hydrogen (secondary N) is 1. The van der Waals surface area contributed by atoms with Gasteiger partial charge >= 0.3 is 19.5 Å². The van der Waals surface area contributed by atoms with Crippen LogP contribution in [0.5, 0.6) is 0 Å². The molecule has 8 aromatic carbocycles. The molecule has 4 aliphatic heterocycles. The molecule has 510 valence electrons. The average Bonchev–Trinajstić information content (AvgIpc) is 1.61. The predicted octanol–water partition coefficient (Wildman–Crippen LogP) is 24.0. The molecule has 0 unspecified atom stereocenters. The van der Waals surface area contributed by atoms with Crippen LogP contribution in [-0.2, 0) is 19.5 Å². The van der Waals surface area contributed by atoms with Gasteiger partial charge in [-0.25, -0.2) is 24.6 Å². The Morgan fingerprint density at radius 3 is 0.833 bits per heavy atom. The minimum Gasteiger partial charge on any atom is -0.657 e. The molecule has 11 heterocycles. The molecular formula is C96H68N10SZn. The summed E-state index contributed by atoms with van der Waals surface area (Å²) in [5.41, 5.74) is 37.6. The van der Waals surface area contributed by atoms with Gasteiger partial charge in [-0.2, -0.15) is 0 Å². The maximum atomic E-state index is 5.62. The second-order valence-corrected chi connectivity index (χ2v) is 29.2. The molecule has 16 bridgehead atoms. The van der Waals surface area contributed by atoms with E-state index in [0.717, 1.165) is 194 Å².